The van der Waals surface area contributed by atoms with Crippen LogP contribution in [-0.4, -0.2) is 20.0 Å². The van der Waals surface area contributed by atoms with Crippen LogP contribution in [0.25, 0.3) is 0 Å². The number of rotatable bonds is 5. The molecule has 2 rings (SSSR count). The van der Waals surface area contributed by atoms with Crippen molar-refractivity contribution in [2.24, 2.45) is 5.73 Å². The Hall–Kier alpha value is -0.970. The van der Waals surface area contributed by atoms with Gasteiger partial charge in [0.25, 0.3) is 0 Å². The molecule has 1 heterocycles. The lowest BCUT2D eigenvalue weighted by Crippen LogP contribution is -2.16. The predicted octanol–water partition coefficient (Wildman–Crippen LogP) is 2.15. The van der Waals surface area contributed by atoms with Gasteiger partial charge in [0.2, 0.25) is 0 Å². The fraction of sp³-hybridized carbons (Fsp3) is 0.727. The van der Waals surface area contributed by atoms with Gasteiger partial charge in [-0.05, 0) is 25.7 Å². The van der Waals surface area contributed by atoms with Crippen LogP contribution >= 0.6 is 12.2 Å². The second-order valence-corrected chi connectivity index (χ2v) is 4.82. The summed E-state index contributed by atoms with van der Waals surface area (Å²) in [5.41, 5.74) is 7.60. The van der Waals surface area contributed by atoms with Crippen molar-refractivity contribution < 1.29 is 0 Å². The highest BCUT2D eigenvalue weighted by molar-refractivity contribution is 7.80. The molecule has 1 aromatic rings. The molecule has 2 N–H and O–H groups in total. The van der Waals surface area contributed by atoms with Crippen molar-refractivity contribution in [1.29, 1.82) is 0 Å². The van der Waals surface area contributed by atoms with Gasteiger partial charge in [0.15, 0.2) is 0 Å². The summed E-state index contributed by atoms with van der Waals surface area (Å²) in [4.78, 5) is 0.374. The van der Waals surface area contributed by atoms with E-state index in [1.165, 1.54) is 18.5 Å². The average molecular weight is 238 g/mol. The molecule has 0 atom stereocenters. The molecule has 4 nitrogen and oxygen atoms in total. The van der Waals surface area contributed by atoms with E-state index in [4.69, 9.17) is 18.0 Å². The van der Waals surface area contributed by atoms with Crippen LogP contribution in [0.3, 0.4) is 0 Å². The molecule has 0 aliphatic heterocycles. The van der Waals surface area contributed by atoms with Crippen LogP contribution in [0.4, 0.5) is 0 Å². The molecule has 16 heavy (non-hydrogen) atoms. The molecule has 1 aromatic heterocycles. The Labute approximate surface area is 101 Å². The summed E-state index contributed by atoms with van der Waals surface area (Å²) in [5, 5.41) is 8.38. The molecule has 1 aliphatic carbocycles. The van der Waals surface area contributed by atoms with Crippen molar-refractivity contribution >= 4 is 17.2 Å². The normalized spacial score (nSPS) is 15.7. The molecular formula is C11H18N4S. The van der Waals surface area contributed by atoms with Crippen molar-refractivity contribution in [2.75, 3.05) is 0 Å². The van der Waals surface area contributed by atoms with E-state index in [0.717, 1.165) is 18.5 Å². The van der Waals surface area contributed by atoms with E-state index in [9.17, 15) is 0 Å². The molecule has 1 saturated carbocycles. The SMILES string of the molecule is CCC(CC)n1nnc(C(N)=S)c1C1CC1. The predicted molar refractivity (Wildman–Crippen MR) is 67.5 cm³/mol. The molecule has 0 radical (unpaired) electrons. The van der Waals surface area contributed by atoms with E-state index in [1.54, 1.807) is 0 Å². The molecule has 0 saturated heterocycles. The zero-order valence-corrected chi connectivity index (χ0v) is 10.6. The maximum absolute atomic E-state index is 5.69. The van der Waals surface area contributed by atoms with Crippen molar-refractivity contribution in [3.8, 4) is 0 Å². The van der Waals surface area contributed by atoms with Gasteiger partial charge >= 0.3 is 0 Å². The van der Waals surface area contributed by atoms with Gasteiger partial charge in [0.05, 0.1) is 11.7 Å². The van der Waals surface area contributed by atoms with Gasteiger partial charge in [-0.1, -0.05) is 31.3 Å². The van der Waals surface area contributed by atoms with Crippen LogP contribution in [0.2, 0.25) is 0 Å². The second-order valence-electron chi connectivity index (χ2n) is 4.38. The second kappa shape index (κ2) is 4.49. The van der Waals surface area contributed by atoms with Gasteiger partial charge < -0.3 is 5.73 Å². The van der Waals surface area contributed by atoms with Gasteiger partial charge in [-0.2, -0.15) is 0 Å². The number of nitrogens with zero attached hydrogens (tertiary/aromatic N) is 3. The Morgan fingerprint density at radius 1 is 1.50 bits per heavy atom. The number of hydrogen-bond acceptors (Lipinski definition) is 3. The number of hydrogen-bond donors (Lipinski definition) is 1. The standard InChI is InChI=1S/C11H18N4S/c1-3-8(4-2)15-10(7-5-6-7)9(11(12)16)13-14-15/h7-8H,3-6H2,1-2H3,(H2,12,16). The van der Waals surface area contributed by atoms with Crippen LogP contribution in [0.15, 0.2) is 0 Å². The first kappa shape index (κ1) is 11.5. The minimum atomic E-state index is 0.374. The average Bonchev–Trinajstić information content (AvgIpc) is 3.01. The first-order valence-corrected chi connectivity index (χ1v) is 6.34. The van der Waals surface area contributed by atoms with Gasteiger partial charge in [0.1, 0.15) is 10.7 Å². The van der Waals surface area contributed by atoms with Crippen LogP contribution in [0.1, 0.15) is 62.9 Å². The molecule has 1 fully saturated rings. The summed E-state index contributed by atoms with van der Waals surface area (Å²) < 4.78 is 2.05. The smallest absolute Gasteiger partial charge is 0.143 e. The highest BCUT2D eigenvalue weighted by Crippen LogP contribution is 2.42. The van der Waals surface area contributed by atoms with E-state index in [1.807, 2.05) is 4.68 Å². The third-order valence-electron chi connectivity index (χ3n) is 3.22. The molecule has 88 valence electrons. The van der Waals surface area contributed by atoms with Crippen LogP contribution < -0.4 is 5.73 Å². The van der Waals surface area contributed by atoms with Crippen LogP contribution in [-0.2, 0) is 0 Å². The molecule has 0 bridgehead atoms. The van der Waals surface area contributed by atoms with E-state index >= 15 is 0 Å². The first-order valence-electron chi connectivity index (χ1n) is 5.93. The maximum atomic E-state index is 5.69. The van der Waals surface area contributed by atoms with Gasteiger partial charge in [-0.3, -0.25) is 0 Å². The molecule has 1 aliphatic rings. The largest absolute Gasteiger partial charge is 0.388 e. The summed E-state index contributed by atoms with van der Waals surface area (Å²) in [6.45, 7) is 4.35. The van der Waals surface area contributed by atoms with E-state index in [0.29, 0.717) is 16.9 Å². The summed E-state index contributed by atoms with van der Waals surface area (Å²) in [7, 11) is 0. The summed E-state index contributed by atoms with van der Waals surface area (Å²) in [6, 6.07) is 0.422. The Kier molecular flexibility index (Phi) is 3.23. The molecule has 0 aromatic carbocycles. The first-order chi connectivity index (χ1) is 7.69. The lowest BCUT2D eigenvalue weighted by Gasteiger charge is -2.15. The Morgan fingerprint density at radius 2 is 2.12 bits per heavy atom. The zero-order valence-electron chi connectivity index (χ0n) is 9.81. The van der Waals surface area contributed by atoms with Gasteiger partial charge in [0, 0.05) is 5.92 Å². The monoisotopic (exact) mass is 238 g/mol. The third kappa shape index (κ3) is 1.96. The Bertz CT molecular complexity index is 391. The fourth-order valence-electron chi connectivity index (χ4n) is 2.12. The number of nitrogens with two attached hydrogens (primary N) is 1. The highest BCUT2D eigenvalue weighted by atomic mass is 32.1. The number of aromatic nitrogens is 3. The quantitative estimate of drug-likeness (QED) is 0.799. The molecule has 0 spiro atoms. The molecule has 0 amide bonds. The minimum absolute atomic E-state index is 0.374. The van der Waals surface area contributed by atoms with Crippen LogP contribution in [0, 0.1) is 0 Å². The summed E-state index contributed by atoms with van der Waals surface area (Å²) in [5.74, 6) is 0.576. The lowest BCUT2D eigenvalue weighted by atomic mass is 10.1. The maximum Gasteiger partial charge on any atom is 0.143 e. The molecular weight excluding hydrogens is 220 g/mol. The zero-order chi connectivity index (χ0) is 11.7. The van der Waals surface area contributed by atoms with E-state index in [-0.39, 0.29) is 0 Å². The van der Waals surface area contributed by atoms with Crippen molar-refractivity contribution in [3.63, 3.8) is 0 Å². The van der Waals surface area contributed by atoms with Crippen molar-refractivity contribution in [1.82, 2.24) is 15.0 Å². The fourth-order valence-corrected chi connectivity index (χ4v) is 2.26. The van der Waals surface area contributed by atoms with Crippen LogP contribution in [0.5, 0.6) is 0 Å². The Morgan fingerprint density at radius 3 is 2.56 bits per heavy atom. The molecule has 5 heteroatoms. The summed E-state index contributed by atoms with van der Waals surface area (Å²) in [6.07, 6.45) is 4.55. The van der Waals surface area contributed by atoms with Crippen molar-refractivity contribution in [3.05, 3.63) is 11.4 Å². The van der Waals surface area contributed by atoms with Gasteiger partial charge in [-0.15, -0.1) is 5.10 Å². The van der Waals surface area contributed by atoms with Gasteiger partial charge in [-0.25, -0.2) is 4.68 Å². The lowest BCUT2D eigenvalue weighted by molar-refractivity contribution is 0.405. The third-order valence-corrected chi connectivity index (χ3v) is 3.41. The number of thiocarbonyl (C=S) groups is 1. The molecule has 0 unspecified atom stereocenters. The minimum Gasteiger partial charge on any atom is -0.388 e. The Balaban J connectivity index is 2.41. The van der Waals surface area contributed by atoms with Crippen molar-refractivity contribution in [2.45, 2.75) is 51.5 Å². The van der Waals surface area contributed by atoms with E-state index in [2.05, 4.69) is 24.2 Å². The topological polar surface area (TPSA) is 56.7 Å². The highest BCUT2D eigenvalue weighted by Gasteiger charge is 2.33. The van der Waals surface area contributed by atoms with E-state index < -0.39 is 0 Å². The summed E-state index contributed by atoms with van der Waals surface area (Å²) >= 11 is 5.03.